The second-order valence-corrected chi connectivity index (χ2v) is 4.94. The van der Waals surface area contributed by atoms with Gasteiger partial charge in [-0.25, -0.2) is 0 Å². The largest absolute Gasteiger partial charge is 0.314 e. The van der Waals surface area contributed by atoms with Gasteiger partial charge in [0.15, 0.2) is 0 Å². The Hall–Kier alpha value is -0.0400. The van der Waals surface area contributed by atoms with Crippen LogP contribution in [0.5, 0.6) is 0 Å². The van der Waals surface area contributed by atoms with Gasteiger partial charge < -0.3 is 5.32 Å². The number of nitrogens with one attached hydrogen (secondary N) is 1. The second kappa shape index (κ2) is 7.28. The molecule has 1 saturated carbocycles. The molecular formula is C13H27N. The van der Waals surface area contributed by atoms with Crippen LogP contribution in [0.3, 0.4) is 0 Å². The van der Waals surface area contributed by atoms with E-state index in [2.05, 4.69) is 19.2 Å². The summed E-state index contributed by atoms with van der Waals surface area (Å²) in [6, 6.07) is 0.741. The van der Waals surface area contributed by atoms with Crippen molar-refractivity contribution in [1.82, 2.24) is 5.32 Å². The van der Waals surface area contributed by atoms with Crippen LogP contribution in [-0.2, 0) is 0 Å². The Balaban J connectivity index is 1.79. The lowest BCUT2D eigenvalue weighted by atomic mass is 10.1. The number of unbranched alkanes of at least 4 members (excludes halogenated alkanes) is 3. The van der Waals surface area contributed by atoms with Crippen molar-refractivity contribution in [3.8, 4) is 0 Å². The zero-order chi connectivity index (χ0) is 10.2. The van der Waals surface area contributed by atoms with Crippen LogP contribution >= 0.6 is 0 Å². The molecule has 0 amide bonds. The molecule has 1 N–H and O–H groups in total. The minimum atomic E-state index is 0.741. The minimum absolute atomic E-state index is 0.741. The van der Waals surface area contributed by atoms with E-state index in [1.165, 1.54) is 57.9 Å². The highest BCUT2D eigenvalue weighted by Gasteiger charge is 2.20. The maximum absolute atomic E-state index is 3.63. The quantitative estimate of drug-likeness (QED) is 0.555. The molecule has 1 nitrogen and oxygen atoms in total. The molecule has 1 heteroatoms. The highest BCUT2D eigenvalue weighted by Crippen LogP contribution is 2.31. The fourth-order valence-corrected chi connectivity index (χ4v) is 1.92. The van der Waals surface area contributed by atoms with Crippen molar-refractivity contribution in [2.75, 3.05) is 6.54 Å². The lowest BCUT2D eigenvalue weighted by molar-refractivity contribution is 0.471. The standard InChI is InChI=1S/C13H27N/c1-3-4-5-6-7-12(2)14-11-10-13-8-9-13/h12-14H,3-11H2,1-2H3. The van der Waals surface area contributed by atoms with Gasteiger partial charge in [-0.2, -0.15) is 0 Å². The van der Waals surface area contributed by atoms with Crippen molar-refractivity contribution >= 4 is 0 Å². The van der Waals surface area contributed by atoms with E-state index >= 15 is 0 Å². The Morgan fingerprint density at radius 3 is 2.64 bits per heavy atom. The average molecular weight is 197 g/mol. The maximum atomic E-state index is 3.63. The predicted octanol–water partition coefficient (Wildman–Crippen LogP) is 3.74. The highest BCUT2D eigenvalue weighted by atomic mass is 14.9. The molecule has 0 spiro atoms. The molecule has 0 saturated heterocycles. The zero-order valence-corrected chi connectivity index (χ0v) is 10.0. The highest BCUT2D eigenvalue weighted by molar-refractivity contribution is 4.74. The van der Waals surface area contributed by atoms with Crippen molar-refractivity contribution in [1.29, 1.82) is 0 Å². The van der Waals surface area contributed by atoms with Crippen LogP contribution in [0.15, 0.2) is 0 Å². The molecule has 1 rings (SSSR count). The summed E-state index contributed by atoms with van der Waals surface area (Å²) in [5, 5.41) is 3.63. The molecule has 84 valence electrons. The molecule has 1 fully saturated rings. The van der Waals surface area contributed by atoms with E-state index < -0.39 is 0 Å². The Morgan fingerprint density at radius 2 is 2.00 bits per heavy atom. The maximum Gasteiger partial charge on any atom is 0.00387 e. The fourth-order valence-electron chi connectivity index (χ4n) is 1.92. The topological polar surface area (TPSA) is 12.0 Å². The molecule has 1 atom stereocenters. The summed E-state index contributed by atoms with van der Waals surface area (Å²) in [6.45, 7) is 5.86. The summed E-state index contributed by atoms with van der Waals surface area (Å²) in [5.41, 5.74) is 0. The van der Waals surface area contributed by atoms with Crippen LogP contribution in [-0.4, -0.2) is 12.6 Å². The van der Waals surface area contributed by atoms with Gasteiger partial charge in [-0.15, -0.1) is 0 Å². The summed E-state index contributed by atoms with van der Waals surface area (Å²) in [5.74, 6) is 1.08. The van der Waals surface area contributed by atoms with Gasteiger partial charge in [0.2, 0.25) is 0 Å². The lowest BCUT2D eigenvalue weighted by Crippen LogP contribution is -2.27. The van der Waals surface area contributed by atoms with E-state index in [1.54, 1.807) is 0 Å². The van der Waals surface area contributed by atoms with Gasteiger partial charge in [0, 0.05) is 6.04 Å². The van der Waals surface area contributed by atoms with E-state index in [0.717, 1.165) is 12.0 Å². The number of rotatable bonds is 9. The molecule has 1 unspecified atom stereocenters. The third-order valence-corrected chi connectivity index (χ3v) is 3.23. The molecule has 0 heterocycles. The molecule has 0 aromatic heterocycles. The third-order valence-electron chi connectivity index (χ3n) is 3.23. The summed E-state index contributed by atoms with van der Waals surface area (Å²) in [7, 11) is 0. The van der Waals surface area contributed by atoms with Crippen molar-refractivity contribution in [2.24, 2.45) is 5.92 Å². The fraction of sp³-hybridized carbons (Fsp3) is 1.00. The first-order valence-corrected chi connectivity index (χ1v) is 6.56. The van der Waals surface area contributed by atoms with Crippen LogP contribution in [0.2, 0.25) is 0 Å². The second-order valence-electron chi connectivity index (χ2n) is 4.94. The van der Waals surface area contributed by atoms with Crippen LogP contribution in [0.1, 0.15) is 65.2 Å². The number of hydrogen-bond acceptors (Lipinski definition) is 1. The Morgan fingerprint density at radius 1 is 1.21 bits per heavy atom. The first kappa shape index (κ1) is 12.0. The van der Waals surface area contributed by atoms with Crippen molar-refractivity contribution < 1.29 is 0 Å². The van der Waals surface area contributed by atoms with E-state index in [9.17, 15) is 0 Å². The van der Waals surface area contributed by atoms with Gasteiger partial charge in [-0.1, -0.05) is 45.4 Å². The Bertz CT molecular complexity index is 129. The monoisotopic (exact) mass is 197 g/mol. The van der Waals surface area contributed by atoms with Gasteiger partial charge in [0.25, 0.3) is 0 Å². The summed E-state index contributed by atoms with van der Waals surface area (Å²) in [4.78, 5) is 0. The van der Waals surface area contributed by atoms with E-state index in [-0.39, 0.29) is 0 Å². The van der Waals surface area contributed by atoms with Crippen LogP contribution in [0, 0.1) is 5.92 Å². The summed E-state index contributed by atoms with van der Waals surface area (Å²) >= 11 is 0. The van der Waals surface area contributed by atoms with Gasteiger partial charge in [0.1, 0.15) is 0 Å². The normalized spacial score (nSPS) is 18.4. The van der Waals surface area contributed by atoms with Gasteiger partial charge in [0.05, 0.1) is 0 Å². The van der Waals surface area contributed by atoms with Gasteiger partial charge in [-0.05, 0) is 32.2 Å². The van der Waals surface area contributed by atoms with Gasteiger partial charge >= 0.3 is 0 Å². The molecule has 0 aromatic carbocycles. The molecule has 0 aromatic rings. The van der Waals surface area contributed by atoms with Crippen molar-refractivity contribution in [3.63, 3.8) is 0 Å². The molecule has 1 aliphatic carbocycles. The molecule has 0 radical (unpaired) electrons. The zero-order valence-electron chi connectivity index (χ0n) is 10.0. The van der Waals surface area contributed by atoms with Crippen LogP contribution < -0.4 is 5.32 Å². The minimum Gasteiger partial charge on any atom is -0.314 e. The van der Waals surface area contributed by atoms with E-state index in [4.69, 9.17) is 0 Å². The first-order valence-electron chi connectivity index (χ1n) is 6.56. The number of hydrogen-bond donors (Lipinski definition) is 1. The Labute approximate surface area is 89.7 Å². The molecule has 0 aliphatic heterocycles. The average Bonchev–Trinajstić information content (AvgIpc) is 2.96. The Kier molecular flexibility index (Phi) is 6.25. The van der Waals surface area contributed by atoms with Crippen LogP contribution in [0.4, 0.5) is 0 Å². The smallest absolute Gasteiger partial charge is 0.00387 e. The molecule has 0 bridgehead atoms. The molecule has 1 aliphatic rings. The van der Waals surface area contributed by atoms with Crippen molar-refractivity contribution in [2.45, 2.75) is 71.3 Å². The molecular weight excluding hydrogens is 170 g/mol. The summed E-state index contributed by atoms with van der Waals surface area (Å²) < 4.78 is 0. The predicted molar refractivity (Wildman–Crippen MR) is 63.6 cm³/mol. The van der Waals surface area contributed by atoms with Crippen molar-refractivity contribution in [3.05, 3.63) is 0 Å². The summed E-state index contributed by atoms with van der Waals surface area (Å²) in [6.07, 6.45) is 11.4. The van der Waals surface area contributed by atoms with Crippen LogP contribution in [0.25, 0.3) is 0 Å². The first-order chi connectivity index (χ1) is 6.83. The van der Waals surface area contributed by atoms with Gasteiger partial charge in [-0.3, -0.25) is 0 Å². The van der Waals surface area contributed by atoms with E-state index in [0.29, 0.717) is 0 Å². The lowest BCUT2D eigenvalue weighted by Gasteiger charge is -2.13. The SMILES string of the molecule is CCCCCCC(C)NCCC1CC1. The van der Waals surface area contributed by atoms with E-state index in [1.807, 2.05) is 0 Å². The third kappa shape index (κ3) is 6.42. The molecule has 14 heavy (non-hydrogen) atoms.